The van der Waals surface area contributed by atoms with Crippen LogP contribution < -0.4 is 5.32 Å². The largest absolute Gasteiger partial charge is 0.348 e. The molecular weight excluding hydrogens is 368 g/mol. The minimum Gasteiger partial charge on any atom is -0.348 e. The monoisotopic (exact) mass is 394 g/mol. The summed E-state index contributed by atoms with van der Waals surface area (Å²) in [4.78, 5) is 13.4. The quantitative estimate of drug-likeness (QED) is 0.567. The lowest BCUT2D eigenvalue weighted by Gasteiger charge is -2.23. The number of benzene rings is 2. The topological polar surface area (TPSA) is 34.0 Å². The van der Waals surface area contributed by atoms with Crippen molar-refractivity contribution in [3.05, 3.63) is 58.7 Å². The van der Waals surface area contributed by atoms with Crippen molar-refractivity contribution in [2.45, 2.75) is 51.5 Å². The van der Waals surface area contributed by atoms with Gasteiger partial charge in [0.05, 0.1) is 0 Å². The Morgan fingerprint density at radius 1 is 1.11 bits per heavy atom. The first kappa shape index (κ1) is 19.1. The number of carbonyl (C=O) groups excluding carboxylic acids is 1. The van der Waals surface area contributed by atoms with Gasteiger partial charge in [-0.15, -0.1) is 0 Å². The molecule has 0 radical (unpaired) electrons. The molecule has 1 aliphatic carbocycles. The summed E-state index contributed by atoms with van der Waals surface area (Å²) in [5.74, 6) is 0.0219. The highest BCUT2D eigenvalue weighted by Crippen LogP contribution is 2.36. The Balaban J connectivity index is 1.85. The van der Waals surface area contributed by atoms with Crippen LogP contribution in [-0.2, 0) is 13.5 Å². The van der Waals surface area contributed by atoms with E-state index in [9.17, 15) is 4.79 Å². The number of rotatable bonds is 4. The molecule has 1 saturated carbocycles. The number of halogens is 1. The van der Waals surface area contributed by atoms with Crippen molar-refractivity contribution in [3.63, 3.8) is 0 Å². The average Bonchev–Trinajstić information content (AvgIpc) is 3.01. The molecule has 1 amide bonds. The van der Waals surface area contributed by atoms with Crippen LogP contribution in [0.15, 0.2) is 42.5 Å². The summed E-state index contributed by atoms with van der Waals surface area (Å²) in [5.41, 5.74) is 5.11. The normalized spacial score (nSPS) is 15.1. The van der Waals surface area contributed by atoms with Gasteiger partial charge in [-0.05, 0) is 54.7 Å². The van der Waals surface area contributed by atoms with E-state index < -0.39 is 0 Å². The molecule has 1 aromatic heterocycles. The number of aromatic nitrogens is 1. The maximum Gasteiger partial charge on any atom is 0.268 e. The zero-order valence-electron chi connectivity index (χ0n) is 16.6. The molecule has 28 heavy (non-hydrogen) atoms. The summed E-state index contributed by atoms with van der Waals surface area (Å²) in [6, 6.07) is 14.6. The Hall–Kier alpha value is -2.26. The molecule has 0 atom stereocenters. The molecule has 1 aliphatic rings. The summed E-state index contributed by atoms with van der Waals surface area (Å²) in [5, 5.41) is 5.12. The molecule has 3 aromatic rings. The van der Waals surface area contributed by atoms with E-state index in [0.717, 1.165) is 47.0 Å². The molecule has 1 fully saturated rings. The second-order valence-corrected chi connectivity index (χ2v) is 8.24. The molecular formula is C24H27ClN2O. The van der Waals surface area contributed by atoms with Gasteiger partial charge in [-0.1, -0.05) is 56.0 Å². The predicted octanol–water partition coefficient (Wildman–Crippen LogP) is 6.12. The SMILES string of the molecule is CCc1ccc2c(c1)c(-c1ccc(Cl)cc1)c(C(=O)NC1CCCCC1)n2C. The van der Waals surface area contributed by atoms with Crippen LogP contribution >= 0.6 is 11.6 Å². The van der Waals surface area contributed by atoms with Gasteiger partial charge in [0.2, 0.25) is 0 Å². The zero-order chi connectivity index (χ0) is 19.7. The molecule has 146 valence electrons. The van der Waals surface area contributed by atoms with Crippen LogP contribution in [0, 0.1) is 0 Å². The third-order valence-corrected chi connectivity index (χ3v) is 6.21. The number of hydrogen-bond donors (Lipinski definition) is 1. The van der Waals surface area contributed by atoms with Gasteiger partial charge in [0, 0.05) is 34.6 Å². The first-order chi connectivity index (χ1) is 13.6. The van der Waals surface area contributed by atoms with Gasteiger partial charge in [0.1, 0.15) is 5.69 Å². The Labute approximate surface area is 171 Å². The van der Waals surface area contributed by atoms with Crippen LogP contribution in [-0.4, -0.2) is 16.5 Å². The molecule has 0 spiro atoms. The smallest absolute Gasteiger partial charge is 0.268 e. The van der Waals surface area contributed by atoms with Gasteiger partial charge >= 0.3 is 0 Å². The first-order valence-electron chi connectivity index (χ1n) is 10.3. The van der Waals surface area contributed by atoms with E-state index in [1.807, 2.05) is 35.9 Å². The van der Waals surface area contributed by atoms with Crippen LogP contribution in [0.1, 0.15) is 55.1 Å². The standard InChI is InChI=1S/C24H27ClN2O/c1-3-16-9-14-21-20(15-16)22(17-10-12-18(25)13-11-17)23(27(21)2)24(28)26-19-7-5-4-6-8-19/h9-15,19H,3-8H2,1-2H3,(H,26,28). The number of carbonyl (C=O) groups is 1. The summed E-state index contributed by atoms with van der Waals surface area (Å²) < 4.78 is 2.04. The highest BCUT2D eigenvalue weighted by molar-refractivity contribution is 6.30. The summed E-state index contributed by atoms with van der Waals surface area (Å²) >= 11 is 6.12. The third-order valence-electron chi connectivity index (χ3n) is 5.96. The number of aryl methyl sites for hydroxylation is 2. The van der Waals surface area contributed by atoms with Crippen molar-refractivity contribution in [1.29, 1.82) is 0 Å². The lowest BCUT2D eigenvalue weighted by Crippen LogP contribution is -2.37. The van der Waals surface area contributed by atoms with E-state index in [2.05, 4.69) is 30.4 Å². The molecule has 0 bridgehead atoms. The minimum absolute atomic E-state index is 0.0219. The zero-order valence-corrected chi connectivity index (χ0v) is 17.4. The van der Waals surface area contributed by atoms with Crippen molar-refractivity contribution >= 4 is 28.4 Å². The fraction of sp³-hybridized carbons (Fsp3) is 0.375. The Morgan fingerprint density at radius 2 is 1.82 bits per heavy atom. The molecule has 1 N–H and O–H groups in total. The number of nitrogens with one attached hydrogen (secondary N) is 1. The van der Waals surface area contributed by atoms with Gasteiger partial charge in [0.15, 0.2) is 0 Å². The third kappa shape index (κ3) is 3.56. The average molecular weight is 395 g/mol. The Bertz CT molecular complexity index is 998. The summed E-state index contributed by atoms with van der Waals surface area (Å²) in [6.45, 7) is 2.16. The van der Waals surface area contributed by atoms with Crippen molar-refractivity contribution in [2.75, 3.05) is 0 Å². The van der Waals surface area contributed by atoms with Gasteiger partial charge in [-0.2, -0.15) is 0 Å². The van der Waals surface area contributed by atoms with E-state index in [1.165, 1.54) is 24.8 Å². The highest BCUT2D eigenvalue weighted by atomic mass is 35.5. The second kappa shape index (κ2) is 8.00. The lowest BCUT2D eigenvalue weighted by molar-refractivity contribution is 0.0920. The van der Waals surface area contributed by atoms with Crippen LogP contribution in [0.25, 0.3) is 22.0 Å². The minimum atomic E-state index is 0.0219. The highest BCUT2D eigenvalue weighted by Gasteiger charge is 2.25. The van der Waals surface area contributed by atoms with Gasteiger partial charge in [0.25, 0.3) is 5.91 Å². The van der Waals surface area contributed by atoms with Crippen LogP contribution in [0.3, 0.4) is 0 Å². The number of fused-ring (bicyclic) bond motifs is 1. The van der Waals surface area contributed by atoms with Gasteiger partial charge in [-0.3, -0.25) is 4.79 Å². The maximum absolute atomic E-state index is 13.4. The molecule has 4 heteroatoms. The lowest BCUT2D eigenvalue weighted by atomic mass is 9.95. The van der Waals surface area contributed by atoms with E-state index in [4.69, 9.17) is 11.6 Å². The molecule has 2 aromatic carbocycles. The summed E-state index contributed by atoms with van der Waals surface area (Å²) in [6.07, 6.45) is 6.79. The van der Waals surface area contributed by atoms with Crippen LogP contribution in [0.4, 0.5) is 0 Å². The fourth-order valence-corrected chi connectivity index (χ4v) is 4.51. The van der Waals surface area contributed by atoms with E-state index in [0.29, 0.717) is 5.02 Å². The number of amides is 1. The number of hydrogen-bond acceptors (Lipinski definition) is 1. The molecule has 4 rings (SSSR count). The molecule has 0 aliphatic heterocycles. The van der Waals surface area contributed by atoms with Gasteiger partial charge < -0.3 is 9.88 Å². The molecule has 0 saturated heterocycles. The van der Waals surface area contributed by atoms with Crippen molar-refractivity contribution in [1.82, 2.24) is 9.88 Å². The Kier molecular flexibility index (Phi) is 5.45. The molecule has 0 unspecified atom stereocenters. The van der Waals surface area contributed by atoms with Crippen molar-refractivity contribution in [3.8, 4) is 11.1 Å². The first-order valence-corrected chi connectivity index (χ1v) is 10.6. The maximum atomic E-state index is 13.4. The van der Waals surface area contributed by atoms with E-state index in [-0.39, 0.29) is 11.9 Å². The second-order valence-electron chi connectivity index (χ2n) is 7.80. The van der Waals surface area contributed by atoms with Crippen molar-refractivity contribution in [2.24, 2.45) is 7.05 Å². The Morgan fingerprint density at radius 3 is 2.50 bits per heavy atom. The number of nitrogens with zero attached hydrogens (tertiary/aromatic N) is 1. The van der Waals surface area contributed by atoms with Crippen LogP contribution in [0.2, 0.25) is 5.02 Å². The van der Waals surface area contributed by atoms with E-state index in [1.54, 1.807) is 0 Å². The summed E-state index contributed by atoms with van der Waals surface area (Å²) in [7, 11) is 1.99. The van der Waals surface area contributed by atoms with Crippen LogP contribution in [0.5, 0.6) is 0 Å². The molecule has 1 heterocycles. The predicted molar refractivity (Wildman–Crippen MR) is 117 cm³/mol. The van der Waals surface area contributed by atoms with Gasteiger partial charge in [-0.25, -0.2) is 0 Å². The van der Waals surface area contributed by atoms with E-state index >= 15 is 0 Å². The van der Waals surface area contributed by atoms with Crippen molar-refractivity contribution < 1.29 is 4.79 Å². The molecule has 3 nitrogen and oxygen atoms in total. The fourth-order valence-electron chi connectivity index (χ4n) is 4.39.